The highest BCUT2D eigenvalue weighted by molar-refractivity contribution is 7.20. The van der Waals surface area contributed by atoms with Crippen molar-refractivity contribution >= 4 is 38.8 Å². The molecule has 8 heteroatoms. The van der Waals surface area contributed by atoms with E-state index in [0.717, 1.165) is 32.2 Å². The predicted molar refractivity (Wildman–Crippen MR) is 117 cm³/mol. The molecule has 4 rings (SSSR count). The van der Waals surface area contributed by atoms with Gasteiger partial charge in [0.25, 0.3) is 5.91 Å². The molecular weight excluding hydrogens is 404 g/mol. The molecule has 0 fully saturated rings. The first kappa shape index (κ1) is 19.7. The van der Waals surface area contributed by atoms with E-state index in [1.807, 2.05) is 31.4 Å². The molecule has 4 aromatic heterocycles. The minimum absolute atomic E-state index is 0.136. The molecule has 0 bridgehead atoms. The van der Waals surface area contributed by atoms with Crippen molar-refractivity contribution < 1.29 is 9.21 Å². The van der Waals surface area contributed by atoms with E-state index in [-0.39, 0.29) is 11.3 Å². The Morgan fingerprint density at radius 3 is 2.69 bits per heavy atom. The van der Waals surface area contributed by atoms with E-state index in [2.05, 4.69) is 36.1 Å². The highest BCUT2D eigenvalue weighted by Gasteiger charge is 2.23. The fourth-order valence-corrected chi connectivity index (χ4v) is 4.85. The Hall–Kier alpha value is -2.58. The number of oxazole rings is 1. The number of aryl methyl sites for hydroxylation is 2. The van der Waals surface area contributed by atoms with Gasteiger partial charge in [0.05, 0.1) is 27.7 Å². The predicted octanol–water partition coefficient (Wildman–Crippen LogP) is 5.25. The molecule has 150 valence electrons. The number of carbonyl (C=O) groups excluding carboxylic acids is 1. The first-order chi connectivity index (χ1) is 13.7. The molecule has 0 atom stereocenters. The lowest BCUT2D eigenvalue weighted by Gasteiger charge is -2.16. The van der Waals surface area contributed by atoms with E-state index in [9.17, 15) is 4.79 Å². The Bertz CT molecular complexity index is 1180. The van der Waals surface area contributed by atoms with Crippen LogP contribution in [0.2, 0.25) is 0 Å². The van der Waals surface area contributed by atoms with Gasteiger partial charge in [0.15, 0.2) is 0 Å². The minimum Gasteiger partial charge on any atom is -0.443 e. The summed E-state index contributed by atoms with van der Waals surface area (Å²) >= 11 is 2.97. The standard InChI is InChI=1S/C21H22N4O2S2/c1-11-15-12(2)23-20(21(3,4)5)25-19(15)29-16(11)17(26)22-9-13-10-27-18(24-13)14-7-6-8-28-14/h6-8,10H,9H2,1-5H3,(H,22,26). The van der Waals surface area contributed by atoms with Crippen LogP contribution in [0.3, 0.4) is 0 Å². The summed E-state index contributed by atoms with van der Waals surface area (Å²) in [6.45, 7) is 10.5. The summed E-state index contributed by atoms with van der Waals surface area (Å²) in [5, 5.41) is 5.88. The molecule has 1 amide bonds. The Morgan fingerprint density at radius 2 is 2.00 bits per heavy atom. The molecular formula is C21H22N4O2S2. The maximum Gasteiger partial charge on any atom is 0.262 e. The van der Waals surface area contributed by atoms with Gasteiger partial charge < -0.3 is 9.73 Å². The van der Waals surface area contributed by atoms with Crippen molar-refractivity contribution in [3.05, 3.63) is 51.4 Å². The van der Waals surface area contributed by atoms with E-state index in [1.165, 1.54) is 11.3 Å². The van der Waals surface area contributed by atoms with Gasteiger partial charge >= 0.3 is 0 Å². The molecule has 4 aromatic rings. The van der Waals surface area contributed by atoms with Gasteiger partial charge in [0, 0.05) is 10.8 Å². The average Bonchev–Trinajstić information content (AvgIpc) is 3.38. The van der Waals surface area contributed by atoms with Gasteiger partial charge in [-0.25, -0.2) is 15.0 Å². The summed E-state index contributed by atoms with van der Waals surface area (Å²) in [5.41, 5.74) is 2.36. The fraction of sp³-hybridized carbons (Fsp3) is 0.333. The second-order valence-corrected chi connectivity index (χ2v) is 9.87. The topological polar surface area (TPSA) is 80.9 Å². The summed E-state index contributed by atoms with van der Waals surface area (Å²) < 4.78 is 5.51. The molecule has 4 heterocycles. The number of amides is 1. The number of nitrogens with zero attached hydrogens (tertiary/aromatic N) is 3. The van der Waals surface area contributed by atoms with Crippen molar-refractivity contribution in [2.75, 3.05) is 0 Å². The highest BCUT2D eigenvalue weighted by atomic mass is 32.1. The van der Waals surface area contributed by atoms with Crippen LogP contribution in [0.1, 0.15) is 53.2 Å². The van der Waals surface area contributed by atoms with Crippen LogP contribution in [-0.4, -0.2) is 20.9 Å². The van der Waals surface area contributed by atoms with E-state index in [4.69, 9.17) is 9.40 Å². The number of aromatic nitrogens is 3. The molecule has 0 aromatic carbocycles. The van der Waals surface area contributed by atoms with Crippen molar-refractivity contribution in [1.82, 2.24) is 20.3 Å². The van der Waals surface area contributed by atoms with E-state index in [0.29, 0.717) is 23.0 Å². The van der Waals surface area contributed by atoms with Crippen molar-refractivity contribution in [3.63, 3.8) is 0 Å². The zero-order valence-electron chi connectivity index (χ0n) is 17.0. The SMILES string of the molecule is Cc1nc(C(C)(C)C)nc2sc(C(=O)NCc3coc(-c4cccs4)n3)c(C)c12. The average molecular weight is 427 g/mol. The van der Waals surface area contributed by atoms with Crippen LogP contribution in [0.25, 0.3) is 21.0 Å². The smallest absolute Gasteiger partial charge is 0.262 e. The van der Waals surface area contributed by atoms with Gasteiger partial charge in [0.2, 0.25) is 5.89 Å². The van der Waals surface area contributed by atoms with Crippen LogP contribution in [0.4, 0.5) is 0 Å². The van der Waals surface area contributed by atoms with E-state index >= 15 is 0 Å². The zero-order chi connectivity index (χ0) is 20.8. The number of hydrogen-bond donors (Lipinski definition) is 1. The molecule has 0 spiro atoms. The number of thiophene rings is 2. The Kier molecular flexibility index (Phi) is 5.00. The van der Waals surface area contributed by atoms with Crippen LogP contribution in [0.15, 0.2) is 28.2 Å². The molecule has 6 nitrogen and oxygen atoms in total. The van der Waals surface area contributed by atoms with Crippen LogP contribution in [0.5, 0.6) is 0 Å². The van der Waals surface area contributed by atoms with Crippen LogP contribution in [-0.2, 0) is 12.0 Å². The second kappa shape index (κ2) is 7.35. The summed E-state index contributed by atoms with van der Waals surface area (Å²) in [4.78, 5) is 29.1. The van der Waals surface area contributed by atoms with Gasteiger partial charge in [-0.15, -0.1) is 22.7 Å². The normalized spacial score (nSPS) is 11.9. The van der Waals surface area contributed by atoms with Gasteiger partial charge in [0.1, 0.15) is 16.9 Å². The summed E-state index contributed by atoms with van der Waals surface area (Å²) in [7, 11) is 0. The Morgan fingerprint density at radius 1 is 1.21 bits per heavy atom. The maximum absolute atomic E-state index is 12.8. The molecule has 29 heavy (non-hydrogen) atoms. The van der Waals surface area contributed by atoms with Crippen LogP contribution < -0.4 is 5.32 Å². The first-order valence-corrected chi connectivity index (χ1v) is 11.0. The molecule has 0 unspecified atom stereocenters. The van der Waals surface area contributed by atoms with Crippen molar-refractivity contribution in [2.24, 2.45) is 0 Å². The van der Waals surface area contributed by atoms with E-state index < -0.39 is 0 Å². The summed E-state index contributed by atoms with van der Waals surface area (Å²) in [6, 6.07) is 3.90. The molecule has 0 saturated carbocycles. The van der Waals surface area contributed by atoms with Gasteiger partial charge in [-0.05, 0) is 30.9 Å². The molecule has 1 N–H and O–H groups in total. The lowest BCUT2D eigenvalue weighted by Crippen LogP contribution is -2.22. The fourth-order valence-electron chi connectivity index (χ4n) is 3.04. The largest absolute Gasteiger partial charge is 0.443 e. The quantitative estimate of drug-likeness (QED) is 0.482. The van der Waals surface area contributed by atoms with Crippen molar-refractivity contribution in [3.8, 4) is 10.8 Å². The minimum atomic E-state index is -0.146. The van der Waals surface area contributed by atoms with Gasteiger partial charge in [-0.2, -0.15) is 0 Å². The molecule has 0 aliphatic carbocycles. The number of nitrogens with one attached hydrogen (secondary N) is 1. The number of fused-ring (bicyclic) bond motifs is 1. The number of carbonyl (C=O) groups is 1. The Balaban J connectivity index is 1.56. The summed E-state index contributed by atoms with van der Waals surface area (Å²) in [6.07, 6.45) is 1.58. The number of hydrogen-bond acceptors (Lipinski definition) is 7. The lowest BCUT2D eigenvalue weighted by molar-refractivity contribution is 0.0954. The van der Waals surface area contributed by atoms with Crippen molar-refractivity contribution in [1.29, 1.82) is 0 Å². The second-order valence-electron chi connectivity index (χ2n) is 7.92. The van der Waals surface area contributed by atoms with Crippen LogP contribution in [0, 0.1) is 13.8 Å². The molecule has 0 aliphatic heterocycles. The number of rotatable bonds is 4. The molecule has 0 radical (unpaired) electrons. The molecule has 0 aliphatic rings. The Labute approximate surface area is 177 Å². The van der Waals surface area contributed by atoms with Gasteiger partial charge in [-0.3, -0.25) is 4.79 Å². The van der Waals surface area contributed by atoms with Crippen molar-refractivity contribution in [2.45, 2.75) is 46.6 Å². The monoisotopic (exact) mass is 426 g/mol. The third kappa shape index (κ3) is 3.82. The first-order valence-electron chi connectivity index (χ1n) is 9.28. The maximum atomic E-state index is 12.8. The lowest BCUT2D eigenvalue weighted by atomic mass is 9.95. The van der Waals surface area contributed by atoms with Gasteiger partial charge in [-0.1, -0.05) is 26.8 Å². The molecule has 0 saturated heterocycles. The summed E-state index contributed by atoms with van der Waals surface area (Å²) in [5.74, 6) is 1.23. The highest BCUT2D eigenvalue weighted by Crippen LogP contribution is 2.33. The zero-order valence-corrected chi connectivity index (χ0v) is 18.6. The third-order valence-electron chi connectivity index (χ3n) is 4.56. The van der Waals surface area contributed by atoms with E-state index in [1.54, 1.807) is 17.6 Å². The third-order valence-corrected chi connectivity index (χ3v) is 6.60. The van der Waals surface area contributed by atoms with Crippen LogP contribution >= 0.6 is 22.7 Å².